The zero-order valence-corrected chi connectivity index (χ0v) is 12.5. The van der Waals surface area contributed by atoms with Gasteiger partial charge in [0, 0.05) is 19.2 Å². The molecule has 0 saturated heterocycles. The third kappa shape index (κ3) is 3.16. The quantitative estimate of drug-likeness (QED) is 0.615. The SMILES string of the molecule is CC(C)CN(CC(C)C)c1cc(NN)nc2ncnn12. The molecule has 20 heavy (non-hydrogen) atoms. The van der Waals surface area contributed by atoms with Crippen LogP contribution in [-0.2, 0) is 0 Å². The monoisotopic (exact) mass is 277 g/mol. The van der Waals surface area contributed by atoms with Gasteiger partial charge in [0.25, 0.3) is 5.78 Å². The summed E-state index contributed by atoms with van der Waals surface area (Å²) in [6, 6.07) is 1.91. The number of rotatable bonds is 6. The van der Waals surface area contributed by atoms with Gasteiger partial charge in [-0.1, -0.05) is 27.7 Å². The number of anilines is 2. The topological polar surface area (TPSA) is 84.4 Å². The van der Waals surface area contributed by atoms with Crippen molar-refractivity contribution in [2.45, 2.75) is 27.7 Å². The van der Waals surface area contributed by atoms with E-state index in [1.54, 1.807) is 4.52 Å². The summed E-state index contributed by atoms with van der Waals surface area (Å²) in [6.45, 7) is 10.7. The molecule has 2 aromatic heterocycles. The molecule has 0 aromatic carbocycles. The van der Waals surface area contributed by atoms with Gasteiger partial charge in [-0.2, -0.15) is 19.6 Å². The van der Waals surface area contributed by atoms with Crippen molar-refractivity contribution in [3.8, 4) is 0 Å². The Kier molecular flexibility index (Phi) is 4.39. The van der Waals surface area contributed by atoms with Crippen LogP contribution in [0.4, 0.5) is 11.6 Å². The minimum Gasteiger partial charge on any atom is -0.356 e. The first-order valence-corrected chi connectivity index (χ1v) is 6.93. The lowest BCUT2D eigenvalue weighted by molar-refractivity contribution is 0.544. The molecular formula is C13H23N7. The zero-order valence-electron chi connectivity index (χ0n) is 12.5. The maximum atomic E-state index is 5.49. The van der Waals surface area contributed by atoms with Crippen LogP contribution in [0.2, 0.25) is 0 Å². The number of hydrogen-bond acceptors (Lipinski definition) is 6. The lowest BCUT2D eigenvalue weighted by atomic mass is 10.1. The Bertz CT molecular complexity index is 551. The van der Waals surface area contributed by atoms with Crippen LogP contribution in [0, 0.1) is 11.8 Å². The second kappa shape index (κ2) is 6.04. The van der Waals surface area contributed by atoms with Crippen LogP contribution in [0.5, 0.6) is 0 Å². The average molecular weight is 277 g/mol. The number of aromatic nitrogens is 4. The van der Waals surface area contributed by atoms with Gasteiger partial charge in [0.1, 0.15) is 18.0 Å². The van der Waals surface area contributed by atoms with Crippen molar-refractivity contribution in [2.24, 2.45) is 17.7 Å². The predicted molar refractivity (Wildman–Crippen MR) is 80.5 cm³/mol. The van der Waals surface area contributed by atoms with Crippen LogP contribution < -0.4 is 16.2 Å². The number of nitrogens with zero attached hydrogens (tertiary/aromatic N) is 5. The van der Waals surface area contributed by atoms with Gasteiger partial charge in [0.2, 0.25) is 0 Å². The molecule has 0 unspecified atom stereocenters. The predicted octanol–water partition coefficient (Wildman–Crippen LogP) is 1.53. The summed E-state index contributed by atoms with van der Waals surface area (Å²) >= 11 is 0. The fourth-order valence-corrected chi connectivity index (χ4v) is 2.24. The van der Waals surface area contributed by atoms with E-state index in [4.69, 9.17) is 5.84 Å². The normalized spacial score (nSPS) is 11.6. The minimum atomic E-state index is 0.549. The van der Waals surface area contributed by atoms with Gasteiger partial charge in [-0.05, 0) is 11.8 Å². The summed E-state index contributed by atoms with van der Waals surface area (Å²) in [7, 11) is 0. The molecule has 0 bridgehead atoms. The molecular weight excluding hydrogens is 254 g/mol. The summed E-state index contributed by atoms with van der Waals surface area (Å²) in [5.74, 6) is 8.70. The van der Waals surface area contributed by atoms with Crippen LogP contribution in [0.1, 0.15) is 27.7 Å². The molecule has 2 rings (SSSR count). The van der Waals surface area contributed by atoms with Crippen molar-refractivity contribution >= 4 is 17.4 Å². The molecule has 0 aliphatic rings. The molecule has 0 amide bonds. The van der Waals surface area contributed by atoms with E-state index in [-0.39, 0.29) is 0 Å². The molecule has 2 aromatic rings. The number of hydrazine groups is 1. The van der Waals surface area contributed by atoms with Crippen LogP contribution >= 0.6 is 0 Å². The average Bonchev–Trinajstić information content (AvgIpc) is 2.83. The highest BCUT2D eigenvalue weighted by Gasteiger charge is 2.16. The number of nitrogens with two attached hydrogens (primary N) is 1. The molecule has 0 spiro atoms. The Morgan fingerprint density at radius 2 is 1.90 bits per heavy atom. The molecule has 7 nitrogen and oxygen atoms in total. The van der Waals surface area contributed by atoms with Gasteiger partial charge >= 0.3 is 0 Å². The van der Waals surface area contributed by atoms with Gasteiger partial charge in [0.05, 0.1) is 0 Å². The molecule has 0 aliphatic carbocycles. The van der Waals surface area contributed by atoms with Crippen LogP contribution in [0.25, 0.3) is 5.78 Å². The Labute approximate surface area is 119 Å². The van der Waals surface area contributed by atoms with Crippen molar-refractivity contribution in [3.05, 3.63) is 12.4 Å². The van der Waals surface area contributed by atoms with E-state index >= 15 is 0 Å². The maximum Gasteiger partial charge on any atom is 0.256 e. The standard InChI is InChI=1S/C13H23N7/c1-9(2)6-19(7-10(3)4)12-5-11(18-14)17-13-15-8-16-20(12)13/h5,8-10H,6-7,14H2,1-4H3,(H,15,16,17,18). The summed E-state index contributed by atoms with van der Waals surface area (Å²) < 4.78 is 1.76. The highest BCUT2D eigenvalue weighted by atomic mass is 15.4. The van der Waals surface area contributed by atoms with Crippen molar-refractivity contribution in [2.75, 3.05) is 23.4 Å². The number of nitrogens with one attached hydrogen (secondary N) is 1. The fourth-order valence-electron chi connectivity index (χ4n) is 2.24. The van der Waals surface area contributed by atoms with E-state index in [9.17, 15) is 0 Å². The Balaban J connectivity index is 2.47. The maximum absolute atomic E-state index is 5.49. The third-order valence-corrected chi connectivity index (χ3v) is 2.88. The van der Waals surface area contributed by atoms with E-state index < -0.39 is 0 Å². The molecule has 2 heterocycles. The van der Waals surface area contributed by atoms with Crippen molar-refractivity contribution in [1.29, 1.82) is 0 Å². The highest BCUT2D eigenvalue weighted by Crippen LogP contribution is 2.20. The van der Waals surface area contributed by atoms with Crippen molar-refractivity contribution in [3.63, 3.8) is 0 Å². The van der Waals surface area contributed by atoms with Gasteiger partial charge in [-0.3, -0.25) is 0 Å². The third-order valence-electron chi connectivity index (χ3n) is 2.88. The molecule has 0 atom stereocenters. The molecule has 110 valence electrons. The summed E-state index contributed by atoms with van der Waals surface area (Å²) in [5.41, 5.74) is 2.59. The molecule has 7 heteroatoms. The Morgan fingerprint density at radius 3 is 2.45 bits per heavy atom. The summed E-state index contributed by atoms with van der Waals surface area (Å²) in [6.07, 6.45) is 1.51. The van der Waals surface area contributed by atoms with Gasteiger partial charge < -0.3 is 10.3 Å². The van der Waals surface area contributed by atoms with E-state index in [2.05, 4.69) is 53.1 Å². The molecule has 0 fully saturated rings. The molecule has 3 N–H and O–H groups in total. The second-order valence-corrected chi connectivity index (χ2v) is 5.81. The second-order valence-electron chi connectivity index (χ2n) is 5.81. The molecule has 0 aliphatic heterocycles. The zero-order chi connectivity index (χ0) is 14.7. The first kappa shape index (κ1) is 14.5. The summed E-state index contributed by atoms with van der Waals surface area (Å²) in [4.78, 5) is 10.7. The first-order chi connectivity index (χ1) is 9.51. The van der Waals surface area contributed by atoms with Crippen LogP contribution in [0.3, 0.4) is 0 Å². The van der Waals surface area contributed by atoms with E-state index in [1.165, 1.54) is 6.33 Å². The van der Waals surface area contributed by atoms with Gasteiger partial charge in [0.15, 0.2) is 0 Å². The lowest BCUT2D eigenvalue weighted by Gasteiger charge is -2.28. The fraction of sp³-hybridized carbons (Fsp3) is 0.615. The number of fused-ring (bicyclic) bond motifs is 1. The largest absolute Gasteiger partial charge is 0.356 e. The number of hydrogen-bond donors (Lipinski definition) is 2. The highest BCUT2D eigenvalue weighted by molar-refractivity contribution is 5.55. The number of nitrogen functional groups attached to an aromatic ring is 1. The van der Waals surface area contributed by atoms with Crippen LogP contribution in [0.15, 0.2) is 12.4 Å². The van der Waals surface area contributed by atoms with Crippen LogP contribution in [-0.4, -0.2) is 32.7 Å². The lowest BCUT2D eigenvalue weighted by Crippen LogP contribution is -2.33. The van der Waals surface area contributed by atoms with Gasteiger partial charge in [-0.15, -0.1) is 0 Å². The van der Waals surface area contributed by atoms with E-state index in [0.717, 1.165) is 18.9 Å². The minimum absolute atomic E-state index is 0.549. The molecule has 0 saturated carbocycles. The smallest absolute Gasteiger partial charge is 0.256 e. The Morgan fingerprint density at radius 1 is 1.25 bits per heavy atom. The van der Waals surface area contributed by atoms with E-state index in [1.807, 2.05) is 6.07 Å². The van der Waals surface area contributed by atoms with Gasteiger partial charge in [-0.25, -0.2) is 5.84 Å². The Hall–Kier alpha value is -1.89. The summed E-state index contributed by atoms with van der Waals surface area (Å²) in [5, 5.41) is 4.26. The first-order valence-electron chi connectivity index (χ1n) is 6.93. The van der Waals surface area contributed by atoms with E-state index in [0.29, 0.717) is 23.4 Å². The van der Waals surface area contributed by atoms with Crippen molar-refractivity contribution in [1.82, 2.24) is 19.6 Å². The van der Waals surface area contributed by atoms with Crippen molar-refractivity contribution < 1.29 is 0 Å². The molecule has 0 radical (unpaired) electrons.